The summed E-state index contributed by atoms with van der Waals surface area (Å²) in [5.74, 6) is 0.474. The number of rotatable bonds is 4. The summed E-state index contributed by atoms with van der Waals surface area (Å²) in [5.41, 5.74) is 0.682. The summed E-state index contributed by atoms with van der Waals surface area (Å²) in [7, 11) is 0. The summed E-state index contributed by atoms with van der Waals surface area (Å²) in [6.45, 7) is 3.06. The van der Waals surface area contributed by atoms with Crippen LogP contribution in [0, 0.1) is 0 Å². The lowest BCUT2D eigenvalue weighted by Gasteiger charge is -2.03. The van der Waals surface area contributed by atoms with Crippen LogP contribution in [0.2, 0.25) is 0 Å². The maximum absolute atomic E-state index is 12.6. The Balaban J connectivity index is 2.69. The number of carbonyl (C=O) groups excluding carboxylic acids is 1. The minimum Gasteiger partial charge on any atom is -0.295 e. The molecule has 0 radical (unpaired) electrons. The zero-order valence-electron chi connectivity index (χ0n) is 8.29. The highest BCUT2D eigenvalue weighted by molar-refractivity contribution is 7.99. The van der Waals surface area contributed by atoms with Crippen LogP contribution in [0.25, 0.3) is 0 Å². The van der Waals surface area contributed by atoms with Gasteiger partial charge in [0, 0.05) is 16.2 Å². The van der Waals surface area contributed by atoms with Crippen molar-refractivity contribution >= 4 is 17.5 Å². The molecule has 1 rings (SSSR count). The number of halogens is 1. The number of carbonyl (C=O) groups is 1. The van der Waals surface area contributed by atoms with Gasteiger partial charge in [0.05, 0.1) is 0 Å². The van der Waals surface area contributed by atoms with E-state index in [9.17, 15) is 9.18 Å². The Labute approximate surface area is 87.7 Å². The van der Waals surface area contributed by atoms with Crippen molar-refractivity contribution in [2.24, 2.45) is 0 Å². The standard InChI is InChI=1S/C11H13FOS/c1-8(12)7-14-11-5-3-4-10(6-11)9(2)13/h3-6,8H,7H2,1-2H3. The van der Waals surface area contributed by atoms with E-state index in [0.717, 1.165) is 4.90 Å². The maximum Gasteiger partial charge on any atom is 0.159 e. The van der Waals surface area contributed by atoms with Crippen LogP contribution in [0.1, 0.15) is 24.2 Å². The number of alkyl halides is 1. The Morgan fingerprint density at radius 3 is 2.86 bits per heavy atom. The quantitative estimate of drug-likeness (QED) is 0.562. The van der Waals surface area contributed by atoms with Crippen LogP contribution < -0.4 is 0 Å². The van der Waals surface area contributed by atoms with Gasteiger partial charge in [0.1, 0.15) is 6.17 Å². The molecule has 1 atom stereocenters. The van der Waals surface area contributed by atoms with Crippen molar-refractivity contribution < 1.29 is 9.18 Å². The van der Waals surface area contributed by atoms with Crippen LogP contribution in [0.3, 0.4) is 0 Å². The Hall–Kier alpha value is -0.830. The normalized spacial score (nSPS) is 12.5. The summed E-state index contributed by atoms with van der Waals surface area (Å²) >= 11 is 1.43. The smallest absolute Gasteiger partial charge is 0.159 e. The van der Waals surface area contributed by atoms with Gasteiger partial charge in [-0.05, 0) is 26.0 Å². The molecule has 0 aliphatic heterocycles. The molecule has 1 unspecified atom stereocenters. The lowest BCUT2D eigenvalue weighted by atomic mass is 10.2. The SMILES string of the molecule is CC(=O)c1cccc(SCC(C)F)c1. The second-order valence-electron chi connectivity index (χ2n) is 3.18. The molecular formula is C11H13FOS. The number of hydrogen-bond acceptors (Lipinski definition) is 2. The van der Waals surface area contributed by atoms with Gasteiger partial charge in [-0.2, -0.15) is 0 Å². The Bertz CT molecular complexity index is 323. The van der Waals surface area contributed by atoms with E-state index in [1.807, 2.05) is 12.1 Å². The third-order valence-corrected chi connectivity index (χ3v) is 2.93. The first kappa shape index (κ1) is 11.2. The van der Waals surface area contributed by atoms with Crippen molar-refractivity contribution in [2.45, 2.75) is 24.9 Å². The van der Waals surface area contributed by atoms with Gasteiger partial charge in [-0.25, -0.2) is 4.39 Å². The molecule has 0 saturated heterocycles. The summed E-state index contributed by atoms with van der Waals surface area (Å²) in [6, 6.07) is 7.28. The lowest BCUT2D eigenvalue weighted by Crippen LogP contribution is -1.96. The van der Waals surface area contributed by atoms with E-state index < -0.39 is 6.17 Å². The Morgan fingerprint density at radius 2 is 2.29 bits per heavy atom. The van der Waals surface area contributed by atoms with Gasteiger partial charge in [0.2, 0.25) is 0 Å². The van der Waals surface area contributed by atoms with E-state index in [1.54, 1.807) is 12.1 Å². The van der Waals surface area contributed by atoms with E-state index in [-0.39, 0.29) is 5.78 Å². The van der Waals surface area contributed by atoms with Crippen molar-refractivity contribution in [3.05, 3.63) is 29.8 Å². The van der Waals surface area contributed by atoms with E-state index >= 15 is 0 Å². The van der Waals surface area contributed by atoms with Gasteiger partial charge < -0.3 is 0 Å². The first-order valence-electron chi connectivity index (χ1n) is 4.47. The fourth-order valence-corrected chi connectivity index (χ4v) is 1.82. The molecule has 0 heterocycles. The van der Waals surface area contributed by atoms with Gasteiger partial charge in [-0.1, -0.05) is 12.1 Å². The van der Waals surface area contributed by atoms with Crippen molar-refractivity contribution in [3.63, 3.8) is 0 Å². The zero-order valence-corrected chi connectivity index (χ0v) is 9.10. The number of thioether (sulfide) groups is 1. The fraction of sp³-hybridized carbons (Fsp3) is 0.364. The van der Waals surface area contributed by atoms with Gasteiger partial charge in [-0.3, -0.25) is 4.79 Å². The van der Waals surface area contributed by atoms with Gasteiger partial charge in [-0.15, -0.1) is 11.8 Å². The first-order valence-corrected chi connectivity index (χ1v) is 5.46. The van der Waals surface area contributed by atoms with Crippen molar-refractivity contribution in [3.8, 4) is 0 Å². The highest BCUT2D eigenvalue weighted by Gasteiger charge is 2.03. The average molecular weight is 212 g/mol. The van der Waals surface area contributed by atoms with Crippen molar-refractivity contribution in [1.82, 2.24) is 0 Å². The molecular weight excluding hydrogens is 199 g/mol. The molecule has 1 nitrogen and oxygen atoms in total. The predicted octanol–water partition coefficient (Wildman–Crippen LogP) is 3.34. The molecule has 76 valence electrons. The molecule has 14 heavy (non-hydrogen) atoms. The third-order valence-electron chi connectivity index (χ3n) is 1.72. The maximum atomic E-state index is 12.6. The van der Waals surface area contributed by atoms with E-state index in [1.165, 1.54) is 25.6 Å². The van der Waals surface area contributed by atoms with Gasteiger partial charge >= 0.3 is 0 Å². The van der Waals surface area contributed by atoms with Crippen molar-refractivity contribution in [2.75, 3.05) is 5.75 Å². The average Bonchev–Trinajstić information content (AvgIpc) is 2.15. The topological polar surface area (TPSA) is 17.1 Å². The molecule has 0 aliphatic carbocycles. The number of ketones is 1. The fourth-order valence-electron chi connectivity index (χ4n) is 1.02. The molecule has 0 aliphatic rings. The van der Waals surface area contributed by atoms with Crippen molar-refractivity contribution in [1.29, 1.82) is 0 Å². The molecule has 0 bridgehead atoms. The zero-order chi connectivity index (χ0) is 10.6. The highest BCUT2D eigenvalue weighted by atomic mass is 32.2. The molecule has 0 spiro atoms. The van der Waals surface area contributed by atoms with Crippen LogP contribution in [0.4, 0.5) is 4.39 Å². The van der Waals surface area contributed by atoms with E-state index in [4.69, 9.17) is 0 Å². The first-order chi connectivity index (χ1) is 6.59. The monoisotopic (exact) mass is 212 g/mol. The van der Waals surface area contributed by atoms with Gasteiger partial charge in [0.15, 0.2) is 5.78 Å². The van der Waals surface area contributed by atoms with E-state index in [2.05, 4.69) is 0 Å². The molecule has 0 aromatic heterocycles. The summed E-state index contributed by atoms with van der Waals surface area (Å²) < 4.78 is 12.6. The van der Waals surface area contributed by atoms with E-state index in [0.29, 0.717) is 11.3 Å². The molecule has 1 aromatic rings. The predicted molar refractivity (Wildman–Crippen MR) is 57.7 cm³/mol. The molecule has 0 saturated carbocycles. The second kappa shape index (κ2) is 5.15. The lowest BCUT2D eigenvalue weighted by molar-refractivity contribution is 0.101. The number of Topliss-reactive ketones (excluding diaryl/α,β-unsaturated/α-hetero) is 1. The third kappa shape index (κ3) is 3.50. The summed E-state index contributed by atoms with van der Waals surface area (Å²) in [6.07, 6.45) is -0.819. The molecule has 0 amide bonds. The minimum absolute atomic E-state index is 0.0424. The summed E-state index contributed by atoms with van der Waals surface area (Å²) in [5, 5.41) is 0. The van der Waals surface area contributed by atoms with Crippen LogP contribution >= 0.6 is 11.8 Å². The van der Waals surface area contributed by atoms with Crippen LogP contribution in [0.5, 0.6) is 0 Å². The molecule has 1 aromatic carbocycles. The molecule has 3 heteroatoms. The Kier molecular flexibility index (Phi) is 4.14. The van der Waals surface area contributed by atoms with Gasteiger partial charge in [0.25, 0.3) is 0 Å². The number of hydrogen-bond donors (Lipinski definition) is 0. The molecule has 0 N–H and O–H groups in total. The van der Waals surface area contributed by atoms with Crippen LogP contribution in [-0.2, 0) is 0 Å². The largest absolute Gasteiger partial charge is 0.295 e. The summed E-state index contributed by atoms with van der Waals surface area (Å²) in [4.78, 5) is 12.0. The molecule has 0 fully saturated rings. The van der Waals surface area contributed by atoms with Crippen LogP contribution in [0.15, 0.2) is 29.2 Å². The minimum atomic E-state index is -0.819. The highest BCUT2D eigenvalue weighted by Crippen LogP contribution is 2.20. The second-order valence-corrected chi connectivity index (χ2v) is 4.27. The van der Waals surface area contributed by atoms with Crippen LogP contribution in [-0.4, -0.2) is 17.7 Å². The number of benzene rings is 1. The Morgan fingerprint density at radius 1 is 1.57 bits per heavy atom.